The molecule has 0 fully saturated rings. The van der Waals surface area contributed by atoms with Crippen molar-refractivity contribution in [1.82, 2.24) is 9.97 Å². The molecular formula is C9H10N2O. The Hall–Kier alpha value is -1.35. The summed E-state index contributed by atoms with van der Waals surface area (Å²) in [5, 5.41) is 10.4. The lowest BCUT2D eigenvalue weighted by molar-refractivity contribution is 0.201. The number of hydrogen-bond acceptors (Lipinski definition) is 2. The number of nitrogens with zero attached hydrogens (tertiary/aromatic N) is 1. The minimum atomic E-state index is -0.442. The number of aliphatic hydroxyl groups excluding tert-OH is 1. The summed E-state index contributed by atoms with van der Waals surface area (Å²) in [7, 11) is 0. The molecule has 0 saturated carbocycles. The van der Waals surface area contributed by atoms with Crippen molar-refractivity contribution >= 4 is 11.0 Å². The molecule has 0 radical (unpaired) electrons. The fraction of sp³-hybridized carbons (Fsp3) is 0.222. The Morgan fingerprint density at radius 3 is 3.17 bits per heavy atom. The van der Waals surface area contributed by atoms with Gasteiger partial charge in [-0.1, -0.05) is 0 Å². The third kappa shape index (κ3) is 0.987. The van der Waals surface area contributed by atoms with Gasteiger partial charge in [0.1, 0.15) is 5.65 Å². The standard InChI is InChI=1S/C9H10N2O/c1-6(12)8-5-11-9-7(8)3-2-4-10-9/h2-6,12H,1H3,(H,10,11)/t6-/m1/s1. The molecule has 0 spiro atoms. The highest BCUT2D eigenvalue weighted by Gasteiger charge is 2.07. The van der Waals surface area contributed by atoms with Crippen LogP contribution in [0, 0.1) is 0 Å². The predicted octanol–water partition coefficient (Wildman–Crippen LogP) is 1.62. The van der Waals surface area contributed by atoms with Crippen LogP contribution in [0.15, 0.2) is 24.5 Å². The minimum absolute atomic E-state index is 0.442. The molecule has 0 bridgehead atoms. The lowest BCUT2D eigenvalue weighted by atomic mass is 10.1. The van der Waals surface area contributed by atoms with Crippen LogP contribution >= 0.6 is 0 Å². The molecule has 2 aromatic heterocycles. The SMILES string of the molecule is C[C@@H](O)c1c[nH]c2ncccc12. The van der Waals surface area contributed by atoms with E-state index in [1.54, 1.807) is 19.3 Å². The van der Waals surface area contributed by atoms with Gasteiger partial charge in [-0.25, -0.2) is 4.98 Å². The maximum absolute atomic E-state index is 9.36. The van der Waals surface area contributed by atoms with E-state index in [1.807, 2.05) is 12.1 Å². The van der Waals surface area contributed by atoms with Gasteiger partial charge >= 0.3 is 0 Å². The van der Waals surface area contributed by atoms with Crippen molar-refractivity contribution in [3.63, 3.8) is 0 Å². The summed E-state index contributed by atoms with van der Waals surface area (Å²) in [4.78, 5) is 7.12. The molecule has 1 atom stereocenters. The number of hydrogen-bond donors (Lipinski definition) is 2. The Balaban J connectivity index is 2.70. The van der Waals surface area contributed by atoms with Crippen molar-refractivity contribution in [2.45, 2.75) is 13.0 Å². The normalized spacial score (nSPS) is 13.5. The van der Waals surface area contributed by atoms with Gasteiger partial charge in [0.05, 0.1) is 6.10 Å². The Morgan fingerprint density at radius 1 is 1.58 bits per heavy atom. The third-order valence-electron chi connectivity index (χ3n) is 1.93. The zero-order valence-corrected chi connectivity index (χ0v) is 6.78. The summed E-state index contributed by atoms with van der Waals surface area (Å²) >= 11 is 0. The number of fused-ring (bicyclic) bond motifs is 1. The summed E-state index contributed by atoms with van der Waals surface area (Å²) < 4.78 is 0. The van der Waals surface area contributed by atoms with Crippen LogP contribution < -0.4 is 0 Å². The largest absolute Gasteiger partial charge is 0.389 e. The van der Waals surface area contributed by atoms with Gasteiger partial charge in [0.2, 0.25) is 0 Å². The molecule has 0 aliphatic rings. The minimum Gasteiger partial charge on any atom is -0.389 e. The third-order valence-corrected chi connectivity index (χ3v) is 1.93. The monoisotopic (exact) mass is 162 g/mol. The van der Waals surface area contributed by atoms with Crippen molar-refractivity contribution in [2.24, 2.45) is 0 Å². The van der Waals surface area contributed by atoms with Gasteiger partial charge < -0.3 is 10.1 Å². The summed E-state index contributed by atoms with van der Waals surface area (Å²) in [6.45, 7) is 1.75. The Bertz CT molecular complexity index is 392. The second-order valence-electron chi connectivity index (χ2n) is 2.82. The van der Waals surface area contributed by atoms with E-state index < -0.39 is 6.10 Å². The van der Waals surface area contributed by atoms with Gasteiger partial charge in [-0.15, -0.1) is 0 Å². The van der Waals surface area contributed by atoms with Gasteiger partial charge in [0, 0.05) is 23.3 Å². The highest BCUT2D eigenvalue weighted by Crippen LogP contribution is 2.21. The van der Waals surface area contributed by atoms with E-state index >= 15 is 0 Å². The number of aromatic nitrogens is 2. The van der Waals surface area contributed by atoms with Crippen LogP contribution in [0.4, 0.5) is 0 Å². The van der Waals surface area contributed by atoms with Crippen LogP contribution in [-0.4, -0.2) is 15.1 Å². The molecule has 0 aromatic carbocycles. The molecule has 3 nitrogen and oxygen atoms in total. The molecule has 62 valence electrons. The zero-order chi connectivity index (χ0) is 8.55. The summed E-state index contributed by atoms with van der Waals surface area (Å²) in [5.41, 5.74) is 1.73. The molecule has 2 rings (SSSR count). The first kappa shape index (κ1) is 7.31. The topological polar surface area (TPSA) is 48.9 Å². The smallest absolute Gasteiger partial charge is 0.137 e. The van der Waals surface area contributed by atoms with Gasteiger partial charge in [0.15, 0.2) is 0 Å². The number of rotatable bonds is 1. The maximum Gasteiger partial charge on any atom is 0.137 e. The molecule has 0 amide bonds. The molecule has 2 heterocycles. The van der Waals surface area contributed by atoms with E-state index in [0.29, 0.717) is 0 Å². The highest BCUT2D eigenvalue weighted by atomic mass is 16.3. The zero-order valence-electron chi connectivity index (χ0n) is 6.78. The first-order valence-corrected chi connectivity index (χ1v) is 3.89. The second kappa shape index (κ2) is 2.60. The van der Waals surface area contributed by atoms with Crippen LogP contribution in [0.5, 0.6) is 0 Å². The van der Waals surface area contributed by atoms with Crippen molar-refractivity contribution in [3.05, 3.63) is 30.1 Å². The van der Waals surface area contributed by atoms with Crippen LogP contribution in [0.25, 0.3) is 11.0 Å². The molecule has 0 unspecified atom stereocenters. The average Bonchev–Trinajstić information content (AvgIpc) is 2.47. The van der Waals surface area contributed by atoms with Crippen molar-refractivity contribution < 1.29 is 5.11 Å². The van der Waals surface area contributed by atoms with Crippen LogP contribution in [0.1, 0.15) is 18.6 Å². The fourth-order valence-electron chi connectivity index (χ4n) is 1.32. The van der Waals surface area contributed by atoms with E-state index in [4.69, 9.17) is 0 Å². The van der Waals surface area contributed by atoms with Crippen molar-refractivity contribution in [3.8, 4) is 0 Å². The highest BCUT2D eigenvalue weighted by molar-refractivity contribution is 5.79. The van der Waals surface area contributed by atoms with E-state index in [0.717, 1.165) is 16.6 Å². The Kier molecular flexibility index (Phi) is 1.59. The maximum atomic E-state index is 9.36. The van der Waals surface area contributed by atoms with E-state index in [9.17, 15) is 5.11 Å². The second-order valence-corrected chi connectivity index (χ2v) is 2.82. The molecule has 0 aliphatic heterocycles. The summed E-state index contributed by atoms with van der Waals surface area (Å²) in [6.07, 6.45) is 3.08. The first-order chi connectivity index (χ1) is 5.79. The summed E-state index contributed by atoms with van der Waals surface area (Å²) in [6, 6.07) is 3.81. The van der Waals surface area contributed by atoms with Crippen molar-refractivity contribution in [1.29, 1.82) is 0 Å². The average molecular weight is 162 g/mol. The van der Waals surface area contributed by atoms with Crippen molar-refractivity contribution in [2.75, 3.05) is 0 Å². The Morgan fingerprint density at radius 2 is 2.42 bits per heavy atom. The quantitative estimate of drug-likeness (QED) is 0.669. The van der Waals surface area contributed by atoms with Gasteiger partial charge in [-0.2, -0.15) is 0 Å². The lowest BCUT2D eigenvalue weighted by Gasteiger charge is -1.99. The summed E-state index contributed by atoms with van der Waals surface area (Å²) in [5.74, 6) is 0. The van der Waals surface area contributed by atoms with Gasteiger partial charge in [0.25, 0.3) is 0 Å². The number of H-pyrrole nitrogens is 1. The molecule has 0 aliphatic carbocycles. The molecular weight excluding hydrogens is 152 g/mol. The van der Waals surface area contributed by atoms with Gasteiger partial charge in [-0.05, 0) is 19.1 Å². The number of aromatic amines is 1. The molecule has 2 aromatic rings. The van der Waals surface area contributed by atoms with E-state index in [1.165, 1.54) is 0 Å². The number of pyridine rings is 1. The van der Waals surface area contributed by atoms with E-state index in [-0.39, 0.29) is 0 Å². The Labute approximate surface area is 70.1 Å². The van der Waals surface area contributed by atoms with Gasteiger partial charge in [-0.3, -0.25) is 0 Å². The lowest BCUT2D eigenvalue weighted by Crippen LogP contribution is -1.87. The predicted molar refractivity (Wildman–Crippen MR) is 46.7 cm³/mol. The van der Waals surface area contributed by atoms with E-state index in [2.05, 4.69) is 9.97 Å². The fourth-order valence-corrected chi connectivity index (χ4v) is 1.32. The number of aliphatic hydroxyl groups is 1. The number of nitrogens with one attached hydrogen (secondary N) is 1. The molecule has 12 heavy (non-hydrogen) atoms. The van der Waals surface area contributed by atoms with Crippen LogP contribution in [-0.2, 0) is 0 Å². The molecule has 3 heteroatoms. The molecule has 0 saturated heterocycles. The van der Waals surface area contributed by atoms with Crippen LogP contribution in [0.2, 0.25) is 0 Å². The first-order valence-electron chi connectivity index (χ1n) is 3.89. The van der Waals surface area contributed by atoms with Crippen LogP contribution in [0.3, 0.4) is 0 Å². The molecule has 2 N–H and O–H groups in total.